The number of carbonyl (C=O) groups is 1. The maximum Gasteiger partial charge on any atom is 0.225 e. The first-order valence-corrected chi connectivity index (χ1v) is 7.21. The van der Waals surface area contributed by atoms with Crippen LogP contribution >= 0.6 is 0 Å². The number of rotatable bonds is 4. The van der Waals surface area contributed by atoms with E-state index in [9.17, 15) is 4.79 Å². The highest BCUT2D eigenvalue weighted by atomic mass is 16.2. The van der Waals surface area contributed by atoms with Crippen LogP contribution in [0.3, 0.4) is 0 Å². The molecule has 2 N–H and O–H groups in total. The molecule has 0 unspecified atom stereocenters. The Morgan fingerprint density at radius 3 is 2.47 bits per heavy atom. The molecule has 0 saturated heterocycles. The van der Waals surface area contributed by atoms with Gasteiger partial charge in [-0.2, -0.15) is 0 Å². The van der Waals surface area contributed by atoms with Gasteiger partial charge in [0.25, 0.3) is 0 Å². The molecule has 3 nitrogen and oxygen atoms in total. The lowest BCUT2D eigenvalue weighted by atomic mass is 9.85. The van der Waals surface area contributed by atoms with E-state index in [1.54, 1.807) is 0 Å². The van der Waals surface area contributed by atoms with Gasteiger partial charge in [-0.25, -0.2) is 0 Å². The number of hydrogen-bond acceptors (Lipinski definition) is 2. The zero-order chi connectivity index (χ0) is 13.7. The topological polar surface area (TPSA) is 46.3 Å². The molecule has 2 rings (SSSR count). The molecule has 1 aliphatic carbocycles. The first-order chi connectivity index (χ1) is 9.16. The van der Waals surface area contributed by atoms with Crippen molar-refractivity contribution >= 4 is 5.91 Å². The highest BCUT2D eigenvalue weighted by Gasteiger charge is 2.26. The van der Waals surface area contributed by atoms with Gasteiger partial charge in [-0.3, -0.25) is 4.79 Å². The molecule has 0 aromatic heterocycles. The van der Waals surface area contributed by atoms with E-state index in [2.05, 4.69) is 12.1 Å². The van der Waals surface area contributed by atoms with Crippen molar-refractivity contribution in [2.45, 2.75) is 38.1 Å². The lowest BCUT2D eigenvalue weighted by molar-refractivity contribution is -0.135. The van der Waals surface area contributed by atoms with E-state index in [0.29, 0.717) is 11.9 Å². The van der Waals surface area contributed by atoms with Gasteiger partial charge in [0.1, 0.15) is 0 Å². The average Bonchev–Trinajstić information content (AvgIpc) is 2.46. The van der Waals surface area contributed by atoms with Crippen LogP contribution in [0.25, 0.3) is 0 Å². The van der Waals surface area contributed by atoms with E-state index in [1.807, 2.05) is 30.1 Å². The molecular weight excluding hydrogens is 236 g/mol. The Morgan fingerprint density at radius 2 is 1.84 bits per heavy atom. The molecule has 1 aromatic rings. The summed E-state index contributed by atoms with van der Waals surface area (Å²) in [5, 5.41) is 0. The van der Waals surface area contributed by atoms with Crippen molar-refractivity contribution in [3.63, 3.8) is 0 Å². The number of amides is 1. The number of benzene rings is 1. The summed E-state index contributed by atoms with van der Waals surface area (Å²) in [5.74, 6) is 0.489. The summed E-state index contributed by atoms with van der Waals surface area (Å²) in [6.45, 7) is 0.797. The molecule has 104 valence electrons. The van der Waals surface area contributed by atoms with Crippen LogP contribution in [0.2, 0.25) is 0 Å². The van der Waals surface area contributed by atoms with Gasteiger partial charge in [-0.05, 0) is 37.7 Å². The van der Waals surface area contributed by atoms with Crippen molar-refractivity contribution in [1.82, 2.24) is 4.90 Å². The average molecular weight is 260 g/mol. The predicted octanol–water partition coefficient (Wildman–Crippen LogP) is 2.21. The van der Waals surface area contributed by atoms with Crippen molar-refractivity contribution in [1.29, 1.82) is 0 Å². The van der Waals surface area contributed by atoms with Gasteiger partial charge < -0.3 is 10.6 Å². The third kappa shape index (κ3) is 4.06. The Hall–Kier alpha value is -1.35. The minimum absolute atomic E-state index is 0.195. The summed E-state index contributed by atoms with van der Waals surface area (Å²) in [6.07, 6.45) is 4.81. The maximum absolute atomic E-state index is 12.3. The molecule has 3 heteroatoms. The number of likely N-dealkylation sites (N-methyl/N-ethyl adjacent to an activating group) is 1. The van der Waals surface area contributed by atoms with Gasteiger partial charge in [-0.15, -0.1) is 0 Å². The summed E-state index contributed by atoms with van der Waals surface area (Å²) >= 11 is 0. The van der Waals surface area contributed by atoms with Gasteiger partial charge in [-0.1, -0.05) is 30.3 Å². The lowest BCUT2D eigenvalue weighted by Crippen LogP contribution is -2.38. The molecule has 0 spiro atoms. The molecule has 1 aliphatic rings. The second-order valence-electron chi connectivity index (χ2n) is 5.61. The van der Waals surface area contributed by atoms with Gasteiger partial charge in [0, 0.05) is 25.6 Å². The Kier molecular flexibility index (Phi) is 4.97. The fourth-order valence-electron chi connectivity index (χ4n) is 2.73. The SMILES string of the molecule is CN(CCc1ccccc1)C(=O)C1CCC(N)CC1. The van der Waals surface area contributed by atoms with Crippen molar-refractivity contribution in [3.8, 4) is 0 Å². The van der Waals surface area contributed by atoms with Gasteiger partial charge in [0.2, 0.25) is 5.91 Å². The lowest BCUT2D eigenvalue weighted by Gasteiger charge is -2.29. The van der Waals surface area contributed by atoms with Gasteiger partial charge >= 0.3 is 0 Å². The van der Waals surface area contributed by atoms with Crippen molar-refractivity contribution < 1.29 is 4.79 Å². The summed E-state index contributed by atoms with van der Waals surface area (Å²) in [7, 11) is 1.92. The Bertz CT molecular complexity index is 396. The Balaban J connectivity index is 1.79. The smallest absolute Gasteiger partial charge is 0.225 e. The largest absolute Gasteiger partial charge is 0.345 e. The van der Waals surface area contributed by atoms with E-state index in [1.165, 1.54) is 5.56 Å². The molecule has 0 heterocycles. The number of carbonyl (C=O) groups excluding carboxylic acids is 1. The number of nitrogens with two attached hydrogens (primary N) is 1. The molecular formula is C16H24N2O. The first kappa shape index (κ1) is 14.1. The monoisotopic (exact) mass is 260 g/mol. The third-order valence-corrected chi connectivity index (χ3v) is 4.08. The van der Waals surface area contributed by atoms with Gasteiger partial charge in [0.05, 0.1) is 0 Å². The van der Waals surface area contributed by atoms with E-state index in [4.69, 9.17) is 5.73 Å². The number of hydrogen-bond donors (Lipinski definition) is 1. The van der Waals surface area contributed by atoms with Crippen LogP contribution in [-0.2, 0) is 11.2 Å². The van der Waals surface area contributed by atoms with Crippen LogP contribution in [0, 0.1) is 5.92 Å². The summed E-state index contributed by atoms with van der Waals surface area (Å²) < 4.78 is 0. The van der Waals surface area contributed by atoms with E-state index in [0.717, 1.165) is 38.6 Å². The van der Waals surface area contributed by atoms with E-state index in [-0.39, 0.29) is 5.92 Å². The fourth-order valence-corrected chi connectivity index (χ4v) is 2.73. The zero-order valence-corrected chi connectivity index (χ0v) is 11.7. The highest BCUT2D eigenvalue weighted by Crippen LogP contribution is 2.24. The third-order valence-electron chi connectivity index (χ3n) is 4.08. The van der Waals surface area contributed by atoms with Crippen LogP contribution in [0.15, 0.2) is 30.3 Å². The Morgan fingerprint density at radius 1 is 1.21 bits per heavy atom. The minimum Gasteiger partial charge on any atom is -0.345 e. The first-order valence-electron chi connectivity index (χ1n) is 7.21. The summed E-state index contributed by atoms with van der Waals surface area (Å²) in [5.41, 5.74) is 7.17. The Labute approximate surface area is 115 Å². The molecule has 0 radical (unpaired) electrons. The quantitative estimate of drug-likeness (QED) is 0.902. The molecule has 0 atom stereocenters. The normalized spacial score (nSPS) is 23.1. The minimum atomic E-state index is 0.195. The molecule has 1 aromatic carbocycles. The van der Waals surface area contributed by atoms with E-state index < -0.39 is 0 Å². The summed E-state index contributed by atoms with van der Waals surface area (Å²) in [6, 6.07) is 10.6. The summed E-state index contributed by atoms with van der Waals surface area (Å²) in [4.78, 5) is 14.2. The molecule has 1 fully saturated rings. The molecule has 0 aliphatic heterocycles. The predicted molar refractivity (Wildman–Crippen MR) is 77.7 cm³/mol. The van der Waals surface area contributed by atoms with Gasteiger partial charge in [0.15, 0.2) is 0 Å². The zero-order valence-electron chi connectivity index (χ0n) is 11.7. The molecule has 1 amide bonds. The number of nitrogens with zero attached hydrogens (tertiary/aromatic N) is 1. The van der Waals surface area contributed by atoms with Crippen LogP contribution < -0.4 is 5.73 Å². The van der Waals surface area contributed by atoms with Crippen molar-refractivity contribution in [2.24, 2.45) is 11.7 Å². The van der Waals surface area contributed by atoms with Crippen LogP contribution in [0.4, 0.5) is 0 Å². The molecule has 19 heavy (non-hydrogen) atoms. The van der Waals surface area contributed by atoms with Crippen molar-refractivity contribution in [3.05, 3.63) is 35.9 Å². The fraction of sp³-hybridized carbons (Fsp3) is 0.562. The van der Waals surface area contributed by atoms with Crippen LogP contribution in [0.5, 0.6) is 0 Å². The van der Waals surface area contributed by atoms with Crippen molar-refractivity contribution in [2.75, 3.05) is 13.6 Å². The van der Waals surface area contributed by atoms with Crippen LogP contribution in [0.1, 0.15) is 31.2 Å². The highest BCUT2D eigenvalue weighted by molar-refractivity contribution is 5.78. The standard InChI is InChI=1S/C16H24N2O/c1-18(12-11-13-5-3-2-4-6-13)16(19)14-7-9-15(17)10-8-14/h2-6,14-15H,7-12,17H2,1H3. The second kappa shape index (κ2) is 6.71. The molecule has 1 saturated carbocycles. The second-order valence-corrected chi connectivity index (χ2v) is 5.61. The maximum atomic E-state index is 12.3. The molecule has 0 bridgehead atoms. The van der Waals surface area contributed by atoms with E-state index >= 15 is 0 Å². The van der Waals surface area contributed by atoms with Crippen LogP contribution in [-0.4, -0.2) is 30.4 Å².